The van der Waals surface area contributed by atoms with Gasteiger partial charge in [0.2, 0.25) is 0 Å². The Kier molecular flexibility index (Phi) is 4.20. The summed E-state index contributed by atoms with van der Waals surface area (Å²) in [7, 11) is 0. The number of aryl methyl sites for hydroxylation is 6. The van der Waals surface area contributed by atoms with Gasteiger partial charge in [-0.1, -0.05) is 24.3 Å². The molecule has 0 atom stereocenters. The van der Waals surface area contributed by atoms with E-state index < -0.39 is 0 Å². The summed E-state index contributed by atoms with van der Waals surface area (Å²) >= 11 is 0. The van der Waals surface area contributed by atoms with Crippen molar-refractivity contribution >= 4 is 21.8 Å². The zero-order chi connectivity index (χ0) is 18.3. The summed E-state index contributed by atoms with van der Waals surface area (Å²) in [6.07, 6.45) is 5.93. The van der Waals surface area contributed by atoms with Crippen molar-refractivity contribution in [1.82, 2.24) is 9.97 Å². The number of aromatic nitrogens is 2. The lowest BCUT2D eigenvalue weighted by Crippen LogP contribution is -1.97. The van der Waals surface area contributed by atoms with Gasteiger partial charge in [-0.05, 0) is 86.1 Å². The molecule has 0 amide bonds. The van der Waals surface area contributed by atoms with Crippen LogP contribution in [0, 0.1) is 27.7 Å². The van der Waals surface area contributed by atoms with Gasteiger partial charge in [0, 0.05) is 17.0 Å². The summed E-state index contributed by atoms with van der Waals surface area (Å²) in [5.41, 5.74) is 10.1. The van der Waals surface area contributed by atoms with E-state index in [4.69, 9.17) is 0 Å². The molecule has 0 fully saturated rings. The van der Waals surface area contributed by atoms with Crippen molar-refractivity contribution in [2.75, 3.05) is 0 Å². The van der Waals surface area contributed by atoms with Crippen LogP contribution in [0.15, 0.2) is 48.8 Å². The Morgan fingerprint density at radius 2 is 1.42 bits per heavy atom. The topological polar surface area (TPSA) is 25.8 Å². The molecule has 4 aromatic rings. The van der Waals surface area contributed by atoms with Crippen LogP contribution in [0.2, 0.25) is 0 Å². The largest absolute Gasteiger partial charge is 0.254 e. The number of fused-ring (bicyclic) bond motifs is 3. The van der Waals surface area contributed by atoms with Gasteiger partial charge in [-0.25, -0.2) is 0 Å². The van der Waals surface area contributed by atoms with E-state index in [0.29, 0.717) is 0 Å². The Bertz CT molecular complexity index is 1130. The number of pyridine rings is 2. The Balaban J connectivity index is 1.69. The van der Waals surface area contributed by atoms with Crippen molar-refractivity contribution in [2.45, 2.75) is 40.5 Å². The SMILES string of the molecule is Cc1ccc2c(c1)ncc1ncc(CCc3cc(C)c(C)cc3C)cc12. The highest BCUT2D eigenvalue weighted by Gasteiger charge is 2.07. The minimum atomic E-state index is 0.965. The smallest absolute Gasteiger partial charge is 0.0891 e. The van der Waals surface area contributed by atoms with Gasteiger partial charge in [-0.15, -0.1) is 0 Å². The van der Waals surface area contributed by atoms with Crippen molar-refractivity contribution in [1.29, 1.82) is 0 Å². The number of benzene rings is 2. The number of rotatable bonds is 3. The van der Waals surface area contributed by atoms with Crippen LogP contribution in [-0.2, 0) is 12.8 Å². The van der Waals surface area contributed by atoms with Gasteiger partial charge in [0.05, 0.1) is 17.2 Å². The fraction of sp³-hybridized carbons (Fsp3) is 0.250. The average molecular weight is 340 g/mol. The maximum Gasteiger partial charge on any atom is 0.0891 e. The number of hydrogen-bond acceptors (Lipinski definition) is 2. The van der Waals surface area contributed by atoms with Crippen LogP contribution < -0.4 is 0 Å². The van der Waals surface area contributed by atoms with E-state index in [9.17, 15) is 0 Å². The highest BCUT2D eigenvalue weighted by Crippen LogP contribution is 2.25. The standard InChI is InChI=1S/C24H24N2/c1-15-5-8-21-22-12-19(13-25-24(22)14-26-23(21)9-15)6-7-20-11-17(3)16(2)10-18(20)4/h5,8-14H,6-7H2,1-4H3. The molecule has 2 aromatic heterocycles. The van der Waals surface area contributed by atoms with E-state index in [0.717, 1.165) is 23.9 Å². The number of nitrogens with zero attached hydrogens (tertiary/aromatic N) is 2. The lowest BCUT2D eigenvalue weighted by atomic mass is 9.96. The van der Waals surface area contributed by atoms with Crippen molar-refractivity contribution in [2.24, 2.45) is 0 Å². The molecule has 0 aliphatic carbocycles. The molecule has 0 aliphatic heterocycles. The second kappa shape index (κ2) is 6.53. The van der Waals surface area contributed by atoms with Gasteiger partial charge in [0.25, 0.3) is 0 Å². The summed E-state index contributed by atoms with van der Waals surface area (Å²) in [6.45, 7) is 8.69. The first kappa shape index (κ1) is 16.7. The molecule has 0 spiro atoms. The molecule has 2 nitrogen and oxygen atoms in total. The van der Waals surface area contributed by atoms with E-state index in [1.54, 1.807) is 0 Å². The Morgan fingerprint density at radius 1 is 0.654 bits per heavy atom. The first-order chi connectivity index (χ1) is 12.5. The van der Waals surface area contributed by atoms with Gasteiger partial charge < -0.3 is 0 Å². The monoisotopic (exact) mass is 340 g/mol. The van der Waals surface area contributed by atoms with Crippen molar-refractivity contribution in [3.63, 3.8) is 0 Å². The summed E-state index contributed by atoms with van der Waals surface area (Å²) in [5.74, 6) is 0. The molecule has 4 rings (SSSR count). The third-order valence-electron chi connectivity index (χ3n) is 5.38. The van der Waals surface area contributed by atoms with E-state index in [-0.39, 0.29) is 0 Å². The molecule has 0 saturated carbocycles. The first-order valence-corrected chi connectivity index (χ1v) is 9.22. The molecule has 0 saturated heterocycles. The molecule has 0 radical (unpaired) electrons. The minimum absolute atomic E-state index is 0.965. The lowest BCUT2D eigenvalue weighted by Gasteiger charge is -2.11. The van der Waals surface area contributed by atoms with Crippen LogP contribution >= 0.6 is 0 Å². The molecule has 2 heteroatoms. The Hall–Kier alpha value is -2.74. The predicted molar refractivity (Wildman–Crippen MR) is 110 cm³/mol. The minimum Gasteiger partial charge on any atom is -0.254 e. The van der Waals surface area contributed by atoms with Crippen molar-refractivity contribution in [3.05, 3.63) is 82.2 Å². The van der Waals surface area contributed by atoms with Gasteiger partial charge >= 0.3 is 0 Å². The summed E-state index contributed by atoms with van der Waals surface area (Å²) < 4.78 is 0. The summed E-state index contributed by atoms with van der Waals surface area (Å²) in [5, 5.41) is 2.38. The number of hydrogen-bond donors (Lipinski definition) is 0. The van der Waals surface area contributed by atoms with Gasteiger partial charge in [-0.3, -0.25) is 9.97 Å². The average Bonchev–Trinajstić information content (AvgIpc) is 2.63. The molecule has 2 heterocycles. The summed E-state index contributed by atoms with van der Waals surface area (Å²) in [4.78, 5) is 9.22. The molecule has 0 aliphatic rings. The molecular formula is C24H24N2. The zero-order valence-corrected chi connectivity index (χ0v) is 15.9. The van der Waals surface area contributed by atoms with Crippen LogP contribution in [0.25, 0.3) is 21.8 Å². The maximum absolute atomic E-state index is 4.66. The van der Waals surface area contributed by atoms with E-state index >= 15 is 0 Å². The van der Waals surface area contributed by atoms with E-state index in [1.807, 2.05) is 12.4 Å². The van der Waals surface area contributed by atoms with Crippen LogP contribution in [0.5, 0.6) is 0 Å². The highest BCUT2D eigenvalue weighted by atomic mass is 14.7. The molecule has 26 heavy (non-hydrogen) atoms. The van der Waals surface area contributed by atoms with E-state index in [2.05, 4.69) is 74.1 Å². The second-order valence-corrected chi connectivity index (χ2v) is 7.42. The zero-order valence-electron chi connectivity index (χ0n) is 15.9. The molecule has 2 aromatic carbocycles. The molecule has 130 valence electrons. The van der Waals surface area contributed by atoms with Crippen molar-refractivity contribution in [3.8, 4) is 0 Å². The molecular weight excluding hydrogens is 316 g/mol. The van der Waals surface area contributed by atoms with Crippen LogP contribution in [0.4, 0.5) is 0 Å². The highest BCUT2D eigenvalue weighted by molar-refractivity contribution is 6.04. The predicted octanol–water partition coefficient (Wildman–Crippen LogP) is 5.80. The molecule has 0 bridgehead atoms. The summed E-state index contributed by atoms with van der Waals surface area (Å²) in [6, 6.07) is 13.4. The van der Waals surface area contributed by atoms with Crippen LogP contribution in [-0.4, -0.2) is 9.97 Å². The van der Waals surface area contributed by atoms with Gasteiger partial charge in [0.15, 0.2) is 0 Å². The van der Waals surface area contributed by atoms with Gasteiger partial charge in [-0.2, -0.15) is 0 Å². The normalized spacial score (nSPS) is 11.4. The Labute approximate surface area is 154 Å². The fourth-order valence-corrected chi connectivity index (χ4v) is 3.65. The van der Waals surface area contributed by atoms with Crippen molar-refractivity contribution < 1.29 is 0 Å². The third-order valence-corrected chi connectivity index (χ3v) is 5.38. The fourth-order valence-electron chi connectivity index (χ4n) is 3.65. The second-order valence-electron chi connectivity index (χ2n) is 7.42. The first-order valence-electron chi connectivity index (χ1n) is 9.22. The third kappa shape index (κ3) is 3.08. The molecule has 0 N–H and O–H groups in total. The van der Waals surface area contributed by atoms with Gasteiger partial charge in [0.1, 0.15) is 0 Å². The van der Waals surface area contributed by atoms with Crippen LogP contribution in [0.3, 0.4) is 0 Å². The van der Waals surface area contributed by atoms with E-state index in [1.165, 1.54) is 44.2 Å². The maximum atomic E-state index is 4.66. The quantitative estimate of drug-likeness (QED) is 0.440. The molecule has 0 unspecified atom stereocenters. The Morgan fingerprint density at radius 3 is 2.27 bits per heavy atom. The lowest BCUT2D eigenvalue weighted by molar-refractivity contribution is 0.940. The van der Waals surface area contributed by atoms with Crippen LogP contribution in [0.1, 0.15) is 33.4 Å².